The second kappa shape index (κ2) is 10.7. The first kappa shape index (κ1) is 30.1. The van der Waals surface area contributed by atoms with Gasteiger partial charge >= 0.3 is 18.2 Å². The molecule has 13 heteroatoms. The van der Waals surface area contributed by atoms with Gasteiger partial charge in [-0.1, -0.05) is 27.7 Å². The molecule has 36 heavy (non-hydrogen) atoms. The van der Waals surface area contributed by atoms with Crippen molar-refractivity contribution in [1.29, 1.82) is 0 Å². The number of rotatable bonds is 8. The minimum Gasteiger partial charge on any atom is -0.444 e. The van der Waals surface area contributed by atoms with E-state index in [1.807, 2.05) is 0 Å². The number of halogens is 3. The summed E-state index contributed by atoms with van der Waals surface area (Å²) < 4.78 is 68.0. The van der Waals surface area contributed by atoms with Gasteiger partial charge in [0.1, 0.15) is 11.6 Å². The molecule has 0 unspecified atom stereocenters. The van der Waals surface area contributed by atoms with E-state index in [1.54, 1.807) is 41.5 Å². The van der Waals surface area contributed by atoms with E-state index in [9.17, 15) is 27.6 Å². The molecule has 3 aliphatic rings. The van der Waals surface area contributed by atoms with Crippen LogP contribution >= 0.6 is 0 Å². The zero-order valence-corrected chi connectivity index (χ0v) is 21.9. The van der Waals surface area contributed by atoms with Crippen molar-refractivity contribution in [2.45, 2.75) is 91.3 Å². The van der Waals surface area contributed by atoms with Crippen LogP contribution in [0.25, 0.3) is 0 Å². The van der Waals surface area contributed by atoms with Gasteiger partial charge in [-0.2, -0.15) is 13.2 Å². The summed E-state index contributed by atoms with van der Waals surface area (Å²) in [6, 6.07) is -2.33. The molecule has 2 amide bonds. The first-order valence-corrected chi connectivity index (χ1v) is 11.8. The van der Waals surface area contributed by atoms with Gasteiger partial charge in [0.15, 0.2) is 0 Å². The zero-order chi connectivity index (χ0) is 27.7. The van der Waals surface area contributed by atoms with Crippen LogP contribution in [0.4, 0.5) is 18.0 Å². The number of ether oxygens (including phenoxy) is 5. The fourth-order valence-corrected chi connectivity index (χ4v) is 3.99. The van der Waals surface area contributed by atoms with Gasteiger partial charge < -0.3 is 34.3 Å². The minimum absolute atomic E-state index is 0.0956. The Labute approximate surface area is 208 Å². The van der Waals surface area contributed by atoms with E-state index in [1.165, 1.54) is 13.8 Å². The molecule has 3 saturated heterocycles. The van der Waals surface area contributed by atoms with Crippen LogP contribution in [0.1, 0.15) is 55.4 Å². The monoisotopic (exact) mass is 526 g/mol. The first-order valence-electron chi connectivity index (χ1n) is 11.8. The Morgan fingerprint density at radius 1 is 0.889 bits per heavy atom. The van der Waals surface area contributed by atoms with Crippen LogP contribution < -0.4 is 10.6 Å². The summed E-state index contributed by atoms with van der Waals surface area (Å²) in [5.41, 5.74) is -1.83. The predicted molar refractivity (Wildman–Crippen MR) is 119 cm³/mol. The number of alkyl carbamates (subject to hydrolysis) is 1. The molecule has 0 spiro atoms. The van der Waals surface area contributed by atoms with Crippen LogP contribution in [0.3, 0.4) is 0 Å². The van der Waals surface area contributed by atoms with Crippen molar-refractivity contribution >= 4 is 18.0 Å². The molecule has 0 aromatic heterocycles. The molecule has 0 aromatic rings. The quantitative estimate of drug-likeness (QED) is 0.463. The summed E-state index contributed by atoms with van der Waals surface area (Å²) in [6.45, 7) is 13.1. The summed E-state index contributed by atoms with van der Waals surface area (Å²) in [6.07, 6.45) is -9.33. The lowest BCUT2D eigenvalue weighted by molar-refractivity contribution is -0.463. The zero-order valence-electron chi connectivity index (χ0n) is 21.9. The summed E-state index contributed by atoms with van der Waals surface area (Å²) in [4.78, 5) is 37.7. The number of carbonyl (C=O) groups excluding carboxylic acids is 3. The molecule has 0 radical (unpaired) electrons. The Morgan fingerprint density at radius 3 is 1.78 bits per heavy atom. The maximum Gasteiger partial charge on any atom is 0.434 e. The summed E-state index contributed by atoms with van der Waals surface area (Å²) in [7, 11) is 0. The summed E-state index contributed by atoms with van der Waals surface area (Å²) >= 11 is 0. The lowest BCUT2D eigenvalue weighted by Crippen LogP contribution is -2.68. The van der Waals surface area contributed by atoms with E-state index >= 15 is 0 Å². The van der Waals surface area contributed by atoms with Crippen molar-refractivity contribution in [1.82, 2.24) is 10.6 Å². The Bertz CT molecular complexity index is 801. The molecule has 208 valence electrons. The average Bonchev–Trinajstić information content (AvgIpc) is 2.72. The normalized spacial score (nSPS) is 26.8. The van der Waals surface area contributed by atoms with Gasteiger partial charge in [0, 0.05) is 13.0 Å². The van der Waals surface area contributed by atoms with Crippen LogP contribution in [0, 0.1) is 17.3 Å². The fraction of sp³-hybridized carbons (Fsp3) is 0.870. The number of carbonyl (C=O) groups is 3. The molecule has 3 fully saturated rings. The van der Waals surface area contributed by atoms with Crippen LogP contribution in [0.5, 0.6) is 0 Å². The molecule has 3 atom stereocenters. The smallest absolute Gasteiger partial charge is 0.434 e. The highest BCUT2D eigenvalue weighted by Crippen LogP contribution is 2.42. The maximum atomic E-state index is 13.9. The van der Waals surface area contributed by atoms with Gasteiger partial charge in [-0.25, -0.2) is 9.59 Å². The molecule has 10 nitrogen and oxygen atoms in total. The van der Waals surface area contributed by atoms with Crippen molar-refractivity contribution < 1.29 is 51.2 Å². The number of hydrogen-bond donors (Lipinski definition) is 2. The Hall–Kier alpha value is -2.12. The van der Waals surface area contributed by atoms with Crippen molar-refractivity contribution in [2.24, 2.45) is 17.3 Å². The van der Waals surface area contributed by atoms with Gasteiger partial charge in [-0.15, -0.1) is 0 Å². The van der Waals surface area contributed by atoms with Crippen LogP contribution in [0.15, 0.2) is 0 Å². The van der Waals surface area contributed by atoms with E-state index in [4.69, 9.17) is 18.9 Å². The lowest BCUT2D eigenvalue weighted by atomic mass is 9.75. The highest BCUT2D eigenvalue weighted by Gasteiger charge is 2.56. The van der Waals surface area contributed by atoms with E-state index in [2.05, 4.69) is 15.4 Å². The van der Waals surface area contributed by atoms with Gasteiger partial charge in [0.25, 0.3) is 18.0 Å². The topological polar surface area (TPSA) is 121 Å². The number of fused-ring (bicyclic) bond motifs is 3. The highest BCUT2D eigenvalue weighted by molar-refractivity contribution is 5.87. The molecule has 0 saturated carbocycles. The fourth-order valence-electron chi connectivity index (χ4n) is 3.99. The van der Waals surface area contributed by atoms with Crippen molar-refractivity contribution in [3.63, 3.8) is 0 Å². The van der Waals surface area contributed by atoms with Gasteiger partial charge in [0.2, 0.25) is 0 Å². The molecule has 3 rings (SSSR count). The highest BCUT2D eigenvalue weighted by atomic mass is 19.4. The summed E-state index contributed by atoms with van der Waals surface area (Å²) in [5.74, 6) is -5.20. The maximum absolute atomic E-state index is 13.9. The van der Waals surface area contributed by atoms with Crippen LogP contribution in [-0.4, -0.2) is 73.7 Å². The number of hydrogen-bond acceptors (Lipinski definition) is 8. The summed E-state index contributed by atoms with van der Waals surface area (Å²) in [5, 5.41) is 4.60. The third-order valence-corrected chi connectivity index (χ3v) is 5.85. The Kier molecular flexibility index (Phi) is 8.95. The third kappa shape index (κ3) is 7.45. The van der Waals surface area contributed by atoms with Gasteiger partial charge in [0.05, 0.1) is 25.2 Å². The minimum atomic E-state index is -5.21. The van der Waals surface area contributed by atoms with E-state index in [0.29, 0.717) is 0 Å². The van der Waals surface area contributed by atoms with E-state index in [-0.39, 0.29) is 25.7 Å². The van der Waals surface area contributed by atoms with Gasteiger partial charge in [-0.05, 0) is 32.6 Å². The second-order valence-electron chi connectivity index (χ2n) is 11.0. The molecule has 3 aliphatic heterocycles. The number of amides is 2. The molecule has 0 aromatic carbocycles. The number of alkyl halides is 3. The first-order chi connectivity index (χ1) is 16.3. The molecule has 2 N–H and O–H groups in total. The van der Waals surface area contributed by atoms with E-state index < -0.39 is 65.2 Å². The second-order valence-corrected chi connectivity index (χ2v) is 11.0. The van der Waals surface area contributed by atoms with Crippen molar-refractivity contribution in [3.05, 3.63) is 0 Å². The number of nitrogens with one attached hydrogen (secondary N) is 2. The third-order valence-electron chi connectivity index (χ3n) is 5.85. The Balaban J connectivity index is 2.19. The van der Waals surface area contributed by atoms with Crippen molar-refractivity contribution in [2.75, 3.05) is 19.8 Å². The molecule has 0 aliphatic carbocycles. The van der Waals surface area contributed by atoms with Crippen LogP contribution in [-0.2, 0) is 33.3 Å². The molecule has 2 bridgehead atoms. The van der Waals surface area contributed by atoms with E-state index in [0.717, 1.165) is 0 Å². The van der Waals surface area contributed by atoms with Gasteiger partial charge in [-0.3, -0.25) is 4.79 Å². The number of esters is 1. The van der Waals surface area contributed by atoms with Crippen molar-refractivity contribution in [3.8, 4) is 0 Å². The molecular weight excluding hydrogens is 489 g/mol. The Morgan fingerprint density at radius 2 is 1.39 bits per heavy atom. The SMILES string of the molecule is CC(C)[C@@H](NC(=O)[C@@H](OC(=O)[C@H](NC(=O)OC(C)(C)C)C(C)C)C(F)(F)F)C12COC(C)(OC1)OC2. The molecular formula is C23H37F3N2O8. The average molecular weight is 527 g/mol. The van der Waals surface area contributed by atoms with Crippen LogP contribution in [0.2, 0.25) is 0 Å². The predicted octanol–water partition coefficient (Wildman–Crippen LogP) is 2.89. The molecule has 3 heterocycles. The largest absolute Gasteiger partial charge is 0.444 e. The standard InChI is InChI=1S/C23H37F3N2O8/c1-12(2)14(27-19(31)36-20(5,6)7)18(30)35-16(23(24,25)26)17(29)28-15(13(3)4)22-9-32-21(8,33-10-22)34-11-22/h12-16H,9-11H2,1-8H3,(H,27,31)(H,28,29)/t14-,15-,16-,21?,22?/m1/s1. The lowest BCUT2D eigenvalue weighted by Gasteiger charge is -2.54.